The van der Waals surface area contributed by atoms with Crippen LogP contribution in [-0.2, 0) is 6.61 Å². The summed E-state index contributed by atoms with van der Waals surface area (Å²) in [5, 5.41) is 6.75. The van der Waals surface area contributed by atoms with Crippen molar-refractivity contribution in [1.82, 2.24) is 20.5 Å². The maximum absolute atomic E-state index is 14.5. The van der Waals surface area contributed by atoms with Gasteiger partial charge in [-0.15, -0.1) is 0 Å². The topological polar surface area (TPSA) is 49.4 Å². The third-order valence-electron chi connectivity index (χ3n) is 6.78. The molecular formula is C25H33F3N4O. The SMILES string of the molecule is CNCCN1CCC(CCN[C@@H]2C[C@H]2c2cc(F)cc(F)c2OCc2cccnc2F)CC1. The molecule has 1 aliphatic heterocycles. The molecule has 1 aromatic heterocycles. The summed E-state index contributed by atoms with van der Waals surface area (Å²) in [6.45, 7) is 5.18. The van der Waals surface area contributed by atoms with Gasteiger partial charge in [0.1, 0.15) is 12.4 Å². The van der Waals surface area contributed by atoms with Crippen LogP contribution in [0, 0.1) is 23.5 Å². The van der Waals surface area contributed by atoms with Crippen molar-refractivity contribution in [3.8, 4) is 5.75 Å². The summed E-state index contributed by atoms with van der Waals surface area (Å²) in [4.78, 5) is 6.09. The molecule has 1 aromatic carbocycles. The van der Waals surface area contributed by atoms with E-state index in [4.69, 9.17) is 4.74 Å². The van der Waals surface area contributed by atoms with Gasteiger partial charge in [-0.1, -0.05) is 0 Å². The number of ether oxygens (including phenoxy) is 1. The summed E-state index contributed by atoms with van der Waals surface area (Å²) in [5.74, 6) is -1.32. The largest absolute Gasteiger partial charge is 0.485 e. The zero-order valence-corrected chi connectivity index (χ0v) is 19.1. The average molecular weight is 463 g/mol. The molecule has 0 radical (unpaired) electrons. The molecule has 180 valence electrons. The van der Waals surface area contributed by atoms with Gasteiger partial charge in [-0.3, -0.25) is 0 Å². The standard InChI is InChI=1S/C25H33F3N4O/c1-29-9-12-32-10-5-17(6-11-32)4-8-30-23-15-20(23)21-13-19(26)14-22(27)24(21)33-16-18-3-2-7-31-25(18)28/h2-3,7,13-14,17,20,23,29-30H,4-6,8-12,15-16H2,1H3/t20-,23+/m0/s1. The summed E-state index contributed by atoms with van der Waals surface area (Å²) in [6.07, 6.45) is 5.71. The molecule has 0 amide bonds. The summed E-state index contributed by atoms with van der Waals surface area (Å²) >= 11 is 0. The molecule has 4 rings (SSSR count). The number of benzene rings is 1. The van der Waals surface area contributed by atoms with Gasteiger partial charge in [-0.2, -0.15) is 4.39 Å². The molecule has 2 fully saturated rings. The first-order valence-electron chi connectivity index (χ1n) is 11.9. The lowest BCUT2D eigenvalue weighted by Crippen LogP contribution is -2.38. The second-order valence-corrected chi connectivity index (χ2v) is 9.13. The Bertz CT molecular complexity index is 921. The highest BCUT2D eigenvalue weighted by molar-refractivity contribution is 5.42. The summed E-state index contributed by atoms with van der Waals surface area (Å²) in [6, 6.07) is 5.46. The Balaban J connectivity index is 1.27. The molecule has 1 saturated carbocycles. The van der Waals surface area contributed by atoms with E-state index in [2.05, 4.69) is 20.5 Å². The number of hydrogen-bond donors (Lipinski definition) is 2. The molecule has 1 aliphatic carbocycles. The van der Waals surface area contributed by atoms with Gasteiger partial charge in [-0.25, -0.2) is 13.8 Å². The number of piperidine rings is 1. The van der Waals surface area contributed by atoms with Crippen molar-refractivity contribution in [3.05, 3.63) is 59.2 Å². The molecule has 2 N–H and O–H groups in total. The van der Waals surface area contributed by atoms with E-state index in [-0.39, 0.29) is 29.9 Å². The zero-order chi connectivity index (χ0) is 23.2. The number of pyridine rings is 1. The Morgan fingerprint density at radius 3 is 2.73 bits per heavy atom. The molecule has 2 heterocycles. The van der Waals surface area contributed by atoms with Crippen LogP contribution in [-0.4, -0.2) is 55.7 Å². The minimum atomic E-state index is -0.759. The van der Waals surface area contributed by atoms with Crippen molar-refractivity contribution in [2.75, 3.05) is 39.8 Å². The van der Waals surface area contributed by atoms with Gasteiger partial charge in [0.25, 0.3) is 0 Å². The first kappa shape index (κ1) is 24.0. The highest BCUT2D eigenvalue weighted by atomic mass is 19.1. The van der Waals surface area contributed by atoms with E-state index in [0.717, 1.165) is 57.5 Å². The Kier molecular flexibility index (Phi) is 8.22. The monoisotopic (exact) mass is 462 g/mol. The summed E-state index contributed by atoms with van der Waals surface area (Å²) in [5.41, 5.74) is 0.738. The van der Waals surface area contributed by atoms with Crippen LogP contribution in [0.4, 0.5) is 13.2 Å². The van der Waals surface area contributed by atoms with E-state index >= 15 is 0 Å². The number of aromatic nitrogens is 1. The minimum absolute atomic E-state index is 0.00268. The molecule has 0 spiro atoms. The fraction of sp³-hybridized carbons (Fsp3) is 0.560. The smallest absolute Gasteiger partial charge is 0.219 e. The van der Waals surface area contributed by atoms with E-state index in [1.54, 1.807) is 6.07 Å². The molecule has 2 aromatic rings. The second kappa shape index (κ2) is 11.3. The number of likely N-dealkylation sites (tertiary alicyclic amines) is 1. The first-order chi connectivity index (χ1) is 16.0. The molecule has 2 atom stereocenters. The lowest BCUT2D eigenvalue weighted by molar-refractivity contribution is 0.180. The van der Waals surface area contributed by atoms with Crippen LogP contribution in [0.2, 0.25) is 0 Å². The number of nitrogens with one attached hydrogen (secondary N) is 2. The van der Waals surface area contributed by atoms with Crippen molar-refractivity contribution in [1.29, 1.82) is 0 Å². The van der Waals surface area contributed by atoms with E-state index < -0.39 is 17.6 Å². The van der Waals surface area contributed by atoms with Gasteiger partial charge in [-0.05, 0) is 76.5 Å². The number of halogens is 3. The summed E-state index contributed by atoms with van der Waals surface area (Å²) in [7, 11) is 1.98. The van der Waals surface area contributed by atoms with Crippen molar-refractivity contribution < 1.29 is 17.9 Å². The van der Waals surface area contributed by atoms with E-state index in [9.17, 15) is 13.2 Å². The van der Waals surface area contributed by atoms with Crippen LogP contribution in [0.25, 0.3) is 0 Å². The molecule has 8 heteroatoms. The van der Waals surface area contributed by atoms with Crippen molar-refractivity contribution in [3.63, 3.8) is 0 Å². The number of likely N-dealkylation sites (N-methyl/N-ethyl adjacent to an activating group) is 1. The van der Waals surface area contributed by atoms with Crippen LogP contribution in [0.15, 0.2) is 30.5 Å². The number of hydrogen-bond acceptors (Lipinski definition) is 5. The Morgan fingerprint density at radius 2 is 1.97 bits per heavy atom. The maximum Gasteiger partial charge on any atom is 0.219 e. The Labute approximate surface area is 193 Å². The first-order valence-corrected chi connectivity index (χ1v) is 11.9. The maximum atomic E-state index is 14.5. The molecule has 0 bridgehead atoms. The lowest BCUT2D eigenvalue weighted by atomic mass is 9.93. The predicted molar refractivity (Wildman–Crippen MR) is 122 cm³/mol. The highest BCUT2D eigenvalue weighted by Gasteiger charge is 2.41. The van der Waals surface area contributed by atoms with E-state index in [0.29, 0.717) is 5.56 Å². The van der Waals surface area contributed by atoms with Gasteiger partial charge in [0.15, 0.2) is 11.6 Å². The Hall–Kier alpha value is -2.16. The molecule has 5 nitrogen and oxygen atoms in total. The van der Waals surface area contributed by atoms with Gasteiger partial charge in [0, 0.05) is 48.4 Å². The van der Waals surface area contributed by atoms with Crippen molar-refractivity contribution in [2.24, 2.45) is 5.92 Å². The average Bonchev–Trinajstić information content (AvgIpc) is 3.58. The van der Waals surface area contributed by atoms with Crippen molar-refractivity contribution >= 4 is 0 Å². The molecule has 1 saturated heterocycles. The number of rotatable bonds is 11. The van der Waals surface area contributed by atoms with Crippen LogP contribution in [0.5, 0.6) is 5.75 Å². The fourth-order valence-electron chi connectivity index (χ4n) is 4.69. The van der Waals surface area contributed by atoms with Crippen LogP contribution < -0.4 is 15.4 Å². The van der Waals surface area contributed by atoms with E-state index in [1.807, 2.05) is 7.05 Å². The summed E-state index contributed by atoms with van der Waals surface area (Å²) < 4.78 is 47.9. The third kappa shape index (κ3) is 6.46. The van der Waals surface area contributed by atoms with Crippen molar-refractivity contribution in [2.45, 2.75) is 44.2 Å². The normalized spacial score (nSPS) is 21.3. The van der Waals surface area contributed by atoms with Gasteiger partial charge in [0.2, 0.25) is 5.95 Å². The highest BCUT2D eigenvalue weighted by Crippen LogP contribution is 2.46. The van der Waals surface area contributed by atoms with Gasteiger partial charge >= 0.3 is 0 Å². The fourth-order valence-corrected chi connectivity index (χ4v) is 4.69. The van der Waals surface area contributed by atoms with Gasteiger partial charge < -0.3 is 20.3 Å². The second-order valence-electron chi connectivity index (χ2n) is 9.13. The van der Waals surface area contributed by atoms with E-state index in [1.165, 1.54) is 31.2 Å². The molecule has 33 heavy (non-hydrogen) atoms. The third-order valence-corrected chi connectivity index (χ3v) is 6.78. The quantitative estimate of drug-likeness (QED) is 0.497. The zero-order valence-electron chi connectivity index (χ0n) is 19.1. The predicted octanol–water partition coefficient (Wildman–Crippen LogP) is 3.84. The van der Waals surface area contributed by atoms with Crippen LogP contribution in [0.3, 0.4) is 0 Å². The van der Waals surface area contributed by atoms with Crippen LogP contribution >= 0.6 is 0 Å². The van der Waals surface area contributed by atoms with Gasteiger partial charge in [0.05, 0.1) is 0 Å². The molecule has 0 unspecified atom stereocenters. The Morgan fingerprint density at radius 1 is 1.15 bits per heavy atom. The molecular weight excluding hydrogens is 429 g/mol. The molecule has 2 aliphatic rings. The lowest BCUT2D eigenvalue weighted by Gasteiger charge is -2.32. The minimum Gasteiger partial charge on any atom is -0.485 e. The number of nitrogens with zero attached hydrogens (tertiary/aromatic N) is 2. The van der Waals surface area contributed by atoms with Crippen LogP contribution in [0.1, 0.15) is 42.7 Å².